The third kappa shape index (κ3) is 4.91. The number of halogens is 8. The van der Waals surface area contributed by atoms with Gasteiger partial charge in [-0.1, -0.05) is 59.7 Å². The number of nitrogens with one attached hydrogen (secondary N) is 2. The maximum Gasteiger partial charge on any atom is 0.417 e. The highest BCUT2D eigenvalue weighted by Gasteiger charge is 2.59. The summed E-state index contributed by atoms with van der Waals surface area (Å²) in [5.41, 5.74) is -1.77. The largest absolute Gasteiger partial charge is 0.417 e. The Morgan fingerprint density at radius 3 is 2.36 bits per heavy atom. The van der Waals surface area contributed by atoms with Gasteiger partial charge in [0.15, 0.2) is 0 Å². The van der Waals surface area contributed by atoms with E-state index in [1.807, 2.05) is 0 Å². The Morgan fingerprint density at radius 1 is 1.14 bits per heavy atom. The zero-order chi connectivity index (χ0) is 26.5. The molecule has 1 amide bonds. The second-order valence-electron chi connectivity index (χ2n) is 8.22. The van der Waals surface area contributed by atoms with Crippen LogP contribution in [0.3, 0.4) is 0 Å². The number of rotatable bonds is 4. The highest BCUT2D eigenvalue weighted by molar-refractivity contribution is 7.80. The Morgan fingerprint density at radius 2 is 1.81 bits per heavy atom. The van der Waals surface area contributed by atoms with Crippen molar-refractivity contribution in [3.05, 3.63) is 68.7 Å². The first-order valence-corrected chi connectivity index (χ1v) is 11.4. The van der Waals surface area contributed by atoms with Gasteiger partial charge in [0, 0.05) is 17.7 Å². The predicted molar refractivity (Wildman–Crippen MR) is 124 cm³/mol. The minimum absolute atomic E-state index is 0.0564. The van der Waals surface area contributed by atoms with Gasteiger partial charge in [-0.15, -0.1) is 0 Å². The second-order valence-corrected chi connectivity index (χ2v) is 9.41. The molecule has 2 aliphatic rings. The van der Waals surface area contributed by atoms with E-state index in [4.69, 9.17) is 40.3 Å². The molecule has 192 valence electrons. The minimum Gasteiger partial charge on any atom is -0.362 e. The number of hydrogen-bond donors (Lipinski definition) is 2. The van der Waals surface area contributed by atoms with E-state index in [9.17, 15) is 31.1 Å². The summed E-state index contributed by atoms with van der Waals surface area (Å²) < 4.78 is 83.3. The Hall–Kier alpha value is -2.41. The molecule has 2 heterocycles. The van der Waals surface area contributed by atoms with Gasteiger partial charge in [-0.3, -0.25) is 14.6 Å². The summed E-state index contributed by atoms with van der Waals surface area (Å²) in [5, 5.41) is 1.31. The molecule has 2 atom stereocenters. The summed E-state index contributed by atoms with van der Waals surface area (Å²) in [4.78, 5) is 20.7. The molecule has 0 saturated carbocycles. The van der Waals surface area contributed by atoms with Crippen LogP contribution in [0.4, 0.5) is 26.3 Å². The molecule has 0 spiro atoms. The first-order valence-electron chi connectivity index (χ1n) is 10.2. The summed E-state index contributed by atoms with van der Waals surface area (Å²) in [5.74, 6) is -0.395. The van der Waals surface area contributed by atoms with Crippen molar-refractivity contribution in [3.63, 3.8) is 0 Å². The van der Waals surface area contributed by atoms with E-state index in [2.05, 4.69) is 15.8 Å². The average Bonchev–Trinajstić information content (AvgIpc) is 3.42. The van der Waals surface area contributed by atoms with Crippen LogP contribution in [0.2, 0.25) is 10.0 Å². The van der Waals surface area contributed by atoms with Crippen LogP contribution in [0.5, 0.6) is 0 Å². The van der Waals surface area contributed by atoms with Crippen LogP contribution in [0.25, 0.3) is 0 Å². The Bertz CT molecular complexity index is 1250. The Balaban J connectivity index is 1.61. The molecule has 2 unspecified atom stereocenters. The van der Waals surface area contributed by atoms with E-state index in [1.54, 1.807) is 0 Å². The van der Waals surface area contributed by atoms with Crippen LogP contribution in [0.15, 0.2) is 41.4 Å². The number of carbonyl (C=O) groups is 1. The van der Waals surface area contributed by atoms with E-state index in [1.165, 1.54) is 24.3 Å². The molecule has 0 radical (unpaired) electrons. The van der Waals surface area contributed by atoms with E-state index in [-0.39, 0.29) is 17.3 Å². The smallest absolute Gasteiger partial charge is 0.362 e. The standard InChI is InChI=1S/C22H15Cl2F6N3O2S/c23-14-6-12(5-13(17(14)24)21(25,26)27)20(22(28,29)30)7-15(31-9-20)10-1-3-11(4-2-10)19(36)32-16-8-35-33-18(16)34/h1-6,16H,7-9H2,(H,32,36)(H,33,34). The van der Waals surface area contributed by atoms with Crippen LogP contribution in [-0.4, -0.2) is 42.0 Å². The summed E-state index contributed by atoms with van der Waals surface area (Å²) in [7, 11) is 0. The van der Waals surface area contributed by atoms with Gasteiger partial charge in [0.25, 0.3) is 5.91 Å². The highest BCUT2D eigenvalue weighted by atomic mass is 35.5. The summed E-state index contributed by atoms with van der Waals surface area (Å²) in [6, 6.07) is 6.57. The molecule has 2 aliphatic heterocycles. The minimum atomic E-state index is -5.00. The number of carbonyl (C=O) groups excluding carboxylic acids is 1. The summed E-state index contributed by atoms with van der Waals surface area (Å²) in [6.07, 6.45) is -10.6. The number of hydroxylamine groups is 1. The van der Waals surface area contributed by atoms with Crippen molar-refractivity contribution in [1.82, 2.24) is 10.8 Å². The van der Waals surface area contributed by atoms with E-state index in [0.717, 1.165) is 6.07 Å². The van der Waals surface area contributed by atoms with Gasteiger partial charge in [-0.25, -0.2) is 5.48 Å². The van der Waals surface area contributed by atoms with Crippen molar-refractivity contribution in [2.24, 2.45) is 4.99 Å². The van der Waals surface area contributed by atoms with Gasteiger partial charge in [0.05, 0.1) is 22.2 Å². The second kappa shape index (κ2) is 9.47. The first-order chi connectivity index (χ1) is 16.7. The van der Waals surface area contributed by atoms with E-state index < -0.39 is 63.9 Å². The molecule has 2 N–H and O–H groups in total. The molecule has 0 aliphatic carbocycles. The van der Waals surface area contributed by atoms with Gasteiger partial charge < -0.3 is 5.32 Å². The first kappa shape index (κ1) is 26.6. The van der Waals surface area contributed by atoms with Gasteiger partial charge >= 0.3 is 12.4 Å². The maximum atomic E-state index is 14.3. The van der Waals surface area contributed by atoms with Crippen LogP contribution >= 0.6 is 35.4 Å². The molecule has 0 bridgehead atoms. The average molecular weight is 570 g/mol. The third-order valence-corrected chi connectivity index (χ3v) is 7.12. The quantitative estimate of drug-likeness (QED) is 0.382. The lowest BCUT2D eigenvalue weighted by Crippen LogP contribution is -2.44. The molecule has 1 saturated heterocycles. The summed E-state index contributed by atoms with van der Waals surface area (Å²) >= 11 is 16.7. The van der Waals surface area contributed by atoms with Gasteiger partial charge in [0.1, 0.15) is 23.1 Å². The molecule has 2 aromatic carbocycles. The molecule has 0 aromatic heterocycles. The van der Waals surface area contributed by atoms with Crippen LogP contribution in [-0.2, 0) is 21.2 Å². The van der Waals surface area contributed by atoms with Crippen LogP contribution < -0.4 is 10.8 Å². The number of thiocarbonyl (C=S) groups is 1. The molecular weight excluding hydrogens is 555 g/mol. The zero-order valence-electron chi connectivity index (χ0n) is 17.9. The molecule has 4 rings (SSSR count). The normalized spacial score (nSPS) is 22.4. The highest BCUT2D eigenvalue weighted by Crippen LogP contribution is 2.50. The van der Waals surface area contributed by atoms with Crippen molar-refractivity contribution in [2.75, 3.05) is 13.2 Å². The third-order valence-electron chi connectivity index (χ3n) is 5.96. The van der Waals surface area contributed by atoms with Crippen molar-refractivity contribution in [1.29, 1.82) is 0 Å². The molecule has 1 fully saturated rings. The number of alkyl halides is 6. The monoisotopic (exact) mass is 569 g/mol. The maximum absolute atomic E-state index is 14.3. The number of amides is 1. The predicted octanol–water partition coefficient (Wildman–Crippen LogP) is 5.40. The molecule has 14 heteroatoms. The number of hydrogen-bond acceptors (Lipinski definition) is 4. The van der Waals surface area contributed by atoms with Gasteiger partial charge in [-0.05, 0) is 23.3 Å². The van der Waals surface area contributed by atoms with Gasteiger partial charge in [-0.2, -0.15) is 26.3 Å². The number of nitrogens with zero attached hydrogens (tertiary/aromatic N) is 1. The van der Waals surface area contributed by atoms with Crippen LogP contribution in [0, 0.1) is 0 Å². The Kier molecular flexibility index (Phi) is 7.01. The fourth-order valence-corrected chi connectivity index (χ4v) is 4.66. The molecule has 5 nitrogen and oxygen atoms in total. The Labute approximate surface area is 215 Å². The lowest BCUT2D eigenvalue weighted by molar-refractivity contribution is -0.184. The fraction of sp³-hybridized carbons (Fsp3) is 0.318. The van der Waals surface area contributed by atoms with Gasteiger partial charge in [0.2, 0.25) is 0 Å². The van der Waals surface area contributed by atoms with Crippen molar-refractivity contribution in [2.45, 2.75) is 30.2 Å². The molecule has 36 heavy (non-hydrogen) atoms. The zero-order valence-corrected chi connectivity index (χ0v) is 20.2. The fourth-order valence-electron chi connectivity index (χ4n) is 3.95. The lowest BCUT2D eigenvalue weighted by atomic mass is 9.76. The van der Waals surface area contributed by atoms with Crippen LogP contribution in [0.1, 0.15) is 28.7 Å². The SMILES string of the molecule is O=C1NOCC1NC(=S)c1ccc(C2=NCC(c3cc(Cl)c(Cl)c(C(F)(F)F)c3)(C(F)(F)F)C2)cc1. The molecular formula is C22H15Cl2F6N3O2S. The number of aliphatic imine (C=N–C) groups is 1. The molecule has 2 aromatic rings. The van der Waals surface area contributed by atoms with E-state index in [0.29, 0.717) is 17.2 Å². The summed E-state index contributed by atoms with van der Waals surface area (Å²) in [6.45, 7) is -0.752. The van der Waals surface area contributed by atoms with Crippen molar-refractivity contribution >= 4 is 52.0 Å². The topological polar surface area (TPSA) is 62.7 Å². The van der Waals surface area contributed by atoms with Crippen molar-refractivity contribution in [3.8, 4) is 0 Å². The number of benzene rings is 2. The van der Waals surface area contributed by atoms with E-state index >= 15 is 0 Å². The lowest BCUT2D eigenvalue weighted by Gasteiger charge is -2.32. The van der Waals surface area contributed by atoms with Crippen molar-refractivity contribution < 1.29 is 36.0 Å².